The normalized spacial score (nSPS) is 16.7. The Morgan fingerprint density at radius 3 is 2.71 bits per heavy atom. The second kappa shape index (κ2) is 6.83. The number of aromatic amines is 1. The number of anilines is 2. The van der Waals surface area contributed by atoms with E-state index in [0.29, 0.717) is 12.7 Å². The molecule has 0 aliphatic carbocycles. The molecule has 0 unspecified atom stereocenters. The lowest BCUT2D eigenvalue weighted by molar-refractivity contribution is 0.174. The van der Waals surface area contributed by atoms with E-state index < -0.39 is 0 Å². The van der Waals surface area contributed by atoms with Gasteiger partial charge in [0, 0.05) is 46.8 Å². The minimum Gasteiger partial charge on any atom is -0.454 e. The van der Waals surface area contributed by atoms with Gasteiger partial charge in [0.1, 0.15) is 5.82 Å². The number of nitrogens with zero attached hydrogens (tertiary/aromatic N) is 6. The second-order valence-corrected chi connectivity index (χ2v) is 7.32. The minimum atomic E-state index is 0.313. The molecule has 0 spiro atoms. The molecule has 146 valence electrons. The minimum absolute atomic E-state index is 0.313. The van der Waals surface area contributed by atoms with Gasteiger partial charge in [0.15, 0.2) is 17.1 Å². The summed E-state index contributed by atoms with van der Waals surface area (Å²) < 4.78 is 10.9. The van der Waals surface area contributed by atoms with E-state index in [4.69, 9.17) is 14.5 Å². The lowest BCUT2D eigenvalue weighted by Gasteiger charge is -2.35. The summed E-state index contributed by atoms with van der Waals surface area (Å²) in [7, 11) is 3.90. The Labute approximate surface area is 162 Å². The van der Waals surface area contributed by atoms with Gasteiger partial charge in [-0.1, -0.05) is 6.07 Å². The van der Waals surface area contributed by atoms with Crippen LogP contribution >= 0.6 is 0 Å². The highest BCUT2D eigenvalue weighted by Crippen LogP contribution is 2.33. The van der Waals surface area contributed by atoms with Crippen molar-refractivity contribution in [1.29, 1.82) is 0 Å². The van der Waals surface area contributed by atoms with Gasteiger partial charge in [-0.25, -0.2) is 0 Å². The monoisotopic (exact) mass is 381 g/mol. The summed E-state index contributed by atoms with van der Waals surface area (Å²) in [6, 6.07) is 6.19. The highest BCUT2D eigenvalue weighted by Gasteiger charge is 2.23. The first-order chi connectivity index (χ1) is 13.7. The second-order valence-electron chi connectivity index (χ2n) is 7.32. The molecule has 3 aromatic rings. The molecule has 0 bridgehead atoms. The third-order valence-corrected chi connectivity index (χ3v) is 5.19. The van der Waals surface area contributed by atoms with Crippen LogP contribution in [0.15, 0.2) is 24.4 Å². The lowest BCUT2D eigenvalue weighted by atomic mass is 10.1. The van der Waals surface area contributed by atoms with E-state index in [2.05, 4.69) is 37.1 Å². The van der Waals surface area contributed by atoms with Crippen molar-refractivity contribution in [3.05, 3.63) is 30.0 Å². The van der Waals surface area contributed by atoms with Crippen LogP contribution in [-0.2, 0) is 6.54 Å². The predicted octanol–water partition coefficient (Wildman–Crippen LogP) is 1.47. The number of benzene rings is 1. The molecule has 2 aliphatic rings. The number of ether oxygens (including phenoxy) is 2. The van der Waals surface area contributed by atoms with Gasteiger partial charge in [-0.3, -0.25) is 10.00 Å². The molecule has 0 radical (unpaired) electrons. The Hall–Kier alpha value is -3.07. The number of fused-ring (bicyclic) bond motifs is 2. The molecule has 0 atom stereocenters. The zero-order valence-electron chi connectivity index (χ0n) is 16.1. The van der Waals surface area contributed by atoms with Crippen LogP contribution < -0.4 is 19.3 Å². The number of nitrogens with one attached hydrogen (secondary N) is 1. The Bertz CT molecular complexity index is 995. The van der Waals surface area contributed by atoms with E-state index in [9.17, 15) is 0 Å². The Morgan fingerprint density at radius 1 is 1.07 bits per heavy atom. The third kappa shape index (κ3) is 3.07. The summed E-state index contributed by atoms with van der Waals surface area (Å²) in [4.78, 5) is 16.0. The summed E-state index contributed by atoms with van der Waals surface area (Å²) in [5, 5.41) is 8.09. The maximum Gasteiger partial charge on any atom is 0.231 e. The number of piperazine rings is 1. The standard InChI is InChI=1S/C19H23N7O2/c1-24(2)19-21-17-14(10-20-23-17)18(22-19)26-7-5-25(6-8-26)11-13-3-4-15-16(9-13)28-12-27-15/h3-4,9-10H,5-8,11-12H2,1-2H3,(H,20,21,22,23). The van der Waals surface area contributed by atoms with Gasteiger partial charge in [0.2, 0.25) is 12.7 Å². The molecule has 1 N–H and O–H groups in total. The quantitative estimate of drug-likeness (QED) is 0.728. The van der Waals surface area contributed by atoms with E-state index in [1.165, 1.54) is 5.56 Å². The summed E-state index contributed by atoms with van der Waals surface area (Å²) in [6.07, 6.45) is 1.81. The fourth-order valence-corrected chi connectivity index (χ4v) is 3.66. The molecular weight excluding hydrogens is 358 g/mol. The first-order valence-electron chi connectivity index (χ1n) is 9.41. The molecular formula is C19H23N7O2. The maximum atomic E-state index is 5.49. The first kappa shape index (κ1) is 17.1. The lowest BCUT2D eigenvalue weighted by Crippen LogP contribution is -2.46. The van der Waals surface area contributed by atoms with Gasteiger partial charge < -0.3 is 19.3 Å². The summed E-state index contributed by atoms with van der Waals surface area (Å²) in [6.45, 7) is 4.97. The average Bonchev–Trinajstić information content (AvgIpc) is 3.36. The number of aromatic nitrogens is 4. The molecule has 1 fully saturated rings. The topological polar surface area (TPSA) is 82.6 Å². The number of hydrogen-bond acceptors (Lipinski definition) is 8. The van der Waals surface area contributed by atoms with Gasteiger partial charge in [0.25, 0.3) is 0 Å². The zero-order valence-corrected chi connectivity index (χ0v) is 16.1. The van der Waals surface area contributed by atoms with E-state index in [1.807, 2.05) is 31.3 Å². The summed E-state index contributed by atoms with van der Waals surface area (Å²) in [5.74, 6) is 3.31. The fraction of sp³-hybridized carbons (Fsp3) is 0.421. The van der Waals surface area contributed by atoms with Gasteiger partial charge >= 0.3 is 0 Å². The van der Waals surface area contributed by atoms with Crippen LogP contribution in [0.3, 0.4) is 0 Å². The largest absolute Gasteiger partial charge is 0.454 e. The van der Waals surface area contributed by atoms with Crippen molar-refractivity contribution >= 4 is 22.8 Å². The van der Waals surface area contributed by atoms with Crippen molar-refractivity contribution in [2.75, 3.05) is 56.9 Å². The van der Waals surface area contributed by atoms with Crippen LogP contribution in [0.4, 0.5) is 11.8 Å². The molecule has 1 saturated heterocycles. The first-order valence-corrected chi connectivity index (χ1v) is 9.41. The summed E-state index contributed by atoms with van der Waals surface area (Å²) >= 11 is 0. The van der Waals surface area contributed by atoms with E-state index in [1.54, 1.807) is 0 Å². The van der Waals surface area contributed by atoms with Crippen LogP contribution in [-0.4, -0.2) is 72.1 Å². The van der Waals surface area contributed by atoms with Crippen molar-refractivity contribution < 1.29 is 9.47 Å². The number of H-pyrrole nitrogens is 1. The van der Waals surface area contributed by atoms with E-state index in [-0.39, 0.29) is 0 Å². The van der Waals surface area contributed by atoms with E-state index in [0.717, 1.165) is 61.1 Å². The SMILES string of the molecule is CN(C)c1nc(N2CCN(Cc3ccc4c(c3)OCO4)CC2)c2cn[nH]c2n1. The molecule has 28 heavy (non-hydrogen) atoms. The van der Waals surface area contributed by atoms with Gasteiger partial charge in [-0.15, -0.1) is 0 Å². The van der Waals surface area contributed by atoms with Crippen molar-refractivity contribution in [2.45, 2.75) is 6.54 Å². The van der Waals surface area contributed by atoms with Crippen LogP contribution in [0.2, 0.25) is 0 Å². The fourth-order valence-electron chi connectivity index (χ4n) is 3.66. The summed E-state index contributed by atoms with van der Waals surface area (Å²) in [5.41, 5.74) is 2.02. The van der Waals surface area contributed by atoms with Gasteiger partial charge in [-0.05, 0) is 17.7 Å². The number of hydrogen-bond donors (Lipinski definition) is 1. The smallest absolute Gasteiger partial charge is 0.231 e. The van der Waals surface area contributed by atoms with Crippen molar-refractivity contribution in [3.63, 3.8) is 0 Å². The predicted molar refractivity (Wildman–Crippen MR) is 106 cm³/mol. The van der Waals surface area contributed by atoms with Gasteiger partial charge in [0.05, 0.1) is 11.6 Å². The molecule has 4 heterocycles. The highest BCUT2D eigenvalue weighted by atomic mass is 16.7. The third-order valence-electron chi connectivity index (χ3n) is 5.19. The van der Waals surface area contributed by atoms with Crippen molar-refractivity contribution in [1.82, 2.24) is 25.1 Å². The van der Waals surface area contributed by atoms with Crippen molar-refractivity contribution in [3.8, 4) is 11.5 Å². The molecule has 5 rings (SSSR count). The molecule has 1 aromatic carbocycles. The maximum absolute atomic E-state index is 5.49. The molecule has 2 aromatic heterocycles. The molecule has 9 heteroatoms. The van der Waals surface area contributed by atoms with Crippen molar-refractivity contribution in [2.24, 2.45) is 0 Å². The van der Waals surface area contributed by atoms with Crippen LogP contribution in [0.1, 0.15) is 5.56 Å². The number of rotatable bonds is 4. The average molecular weight is 381 g/mol. The molecule has 2 aliphatic heterocycles. The Morgan fingerprint density at radius 2 is 1.89 bits per heavy atom. The molecule has 0 saturated carbocycles. The molecule has 9 nitrogen and oxygen atoms in total. The Kier molecular flexibility index (Phi) is 4.16. The van der Waals surface area contributed by atoms with Crippen LogP contribution in [0.5, 0.6) is 11.5 Å². The van der Waals surface area contributed by atoms with Crippen LogP contribution in [0, 0.1) is 0 Å². The van der Waals surface area contributed by atoms with Gasteiger partial charge in [-0.2, -0.15) is 15.1 Å². The Balaban J connectivity index is 1.30. The highest BCUT2D eigenvalue weighted by molar-refractivity contribution is 5.87. The van der Waals surface area contributed by atoms with E-state index >= 15 is 0 Å². The zero-order chi connectivity index (χ0) is 19.1. The van der Waals surface area contributed by atoms with Crippen LogP contribution in [0.25, 0.3) is 11.0 Å². The molecule has 0 amide bonds.